The molecule has 6 nitrogen and oxygen atoms in total. The highest BCUT2D eigenvalue weighted by Crippen LogP contribution is 2.36. The zero-order chi connectivity index (χ0) is 17.8. The highest BCUT2D eigenvalue weighted by molar-refractivity contribution is 5.87. The number of rotatable bonds is 2. The van der Waals surface area contributed by atoms with Crippen molar-refractivity contribution in [1.82, 2.24) is 19.9 Å². The molecule has 0 atom stereocenters. The lowest BCUT2D eigenvalue weighted by atomic mass is 10.1. The maximum Gasteiger partial charge on any atom is 0.178 e. The van der Waals surface area contributed by atoms with Crippen LogP contribution in [0.25, 0.3) is 33.1 Å². The Bertz CT molecular complexity index is 1300. The lowest BCUT2D eigenvalue weighted by Crippen LogP contribution is -2.17. The topological polar surface area (TPSA) is 72.6 Å². The second-order valence-electron chi connectivity index (χ2n) is 6.72. The van der Waals surface area contributed by atoms with E-state index in [9.17, 15) is 0 Å². The molecule has 0 saturated heterocycles. The van der Waals surface area contributed by atoms with E-state index in [0.29, 0.717) is 6.67 Å². The van der Waals surface area contributed by atoms with Crippen LogP contribution >= 0.6 is 0 Å². The van der Waals surface area contributed by atoms with Gasteiger partial charge in [0.15, 0.2) is 11.6 Å². The first-order valence-corrected chi connectivity index (χ1v) is 8.88. The van der Waals surface area contributed by atoms with Gasteiger partial charge in [0, 0.05) is 45.5 Å². The van der Waals surface area contributed by atoms with E-state index in [1.807, 2.05) is 18.6 Å². The average Bonchev–Trinajstić information content (AvgIpc) is 3.44. The van der Waals surface area contributed by atoms with Gasteiger partial charge >= 0.3 is 0 Å². The van der Waals surface area contributed by atoms with Gasteiger partial charge in [-0.2, -0.15) is 0 Å². The van der Waals surface area contributed by atoms with Crippen molar-refractivity contribution in [3.63, 3.8) is 0 Å². The normalized spacial score (nSPS) is 13.3. The molecule has 0 bridgehead atoms. The molecular formula is C21H16N6. The standard InChI is InChI=1S/C21H16N6/c1-3-17-14(5-7-22-17)9-13(1)19-11-24-20-21(26-19)27(12-25-20)16-2-4-18-15(10-16)6-8-23-18/h1-11,22-23H,12H2,(H,24,25). The van der Waals surface area contributed by atoms with Crippen LogP contribution in [-0.2, 0) is 0 Å². The summed E-state index contributed by atoms with van der Waals surface area (Å²) in [6.45, 7) is 0.658. The summed E-state index contributed by atoms with van der Waals surface area (Å²) in [4.78, 5) is 18.1. The number of fused-ring (bicyclic) bond motifs is 3. The van der Waals surface area contributed by atoms with E-state index in [-0.39, 0.29) is 0 Å². The van der Waals surface area contributed by atoms with Crippen molar-refractivity contribution in [3.05, 3.63) is 67.1 Å². The molecule has 1 aliphatic heterocycles. The fourth-order valence-corrected chi connectivity index (χ4v) is 3.69. The van der Waals surface area contributed by atoms with E-state index in [1.54, 1.807) is 0 Å². The molecule has 1 aliphatic rings. The molecule has 0 fully saturated rings. The van der Waals surface area contributed by atoms with Crippen molar-refractivity contribution in [2.75, 3.05) is 16.9 Å². The average molecular weight is 352 g/mol. The van der Waals surface area contributed by atoms with Gasteiger partial charge in [-0.15, -0.1) is 0 Å². The number of aromatic amines is 2. The third-order valence-corrected chi connectivity index (χ3v) is 5.11. The molecule has 0 amide bonds. The van der Waals surface area contributed by atoms with Crippen LogP contribution in [0, 0.1) is 0 Å². The van der Waals surface area contributed by atoms with Crippen LogP contribution in [-0.4, -0.2) is 26.6 Å². The number of hydrogen-bond acceptors (Lipinski definition) is 4. The van der Waals surface area contributed by atoms with Crippen molar-refractivity contribution < 1.29 is 0 Å². The minimum atomic E-state index is 0.658. The number of nitrogens with zero attached hydrogens (tertiary/aromatic N) is 3. The molecule has 130 valence electrons. The molecule has 0 spiro atoms. The number of aromatic nitrogens is 4. The van der Waals surface area contributed by atoms with Crippen LogP contribution in [0.15, 0.2) is 67.1 Å². The molecule has 4 heterocycles. The minimum absolute atomic E-state index is 0.658. The van der Waals surface area contributed by atoms with Crippen LogP contribution in [0.1, 0.15) is 0 Å². The summed E-state index contributed by atoms with van der Waals surface area (Å²) in [6, 6.07) is 16.8. The summed E-state index contributed by atoms with van der Waals surface area (Å²) in [7, 11) is 0. The second-order valence-corrected chi connectivity index (χ2v) is 6.72. The lowest BCUT2D eigenvalue weighted by Gasteiger charge is -2.17. The van der Waals surface area contributed by atoms with Crippen LogP contribution in [0.4, 0.5) is 17.3 Å². The summed E-state index contributed by atoms with van der Waals surface area (Å²) in [5, 5.41) is 5.69. The lowest BCUT2D eigenvalue weighted by molar-refractivity contribution is 1.07. The predicted octanol–water partition coefficient (Wildman–Crippen LogP) is 4.63. The van der Waals surface area contributed by atoms with Crippen LogP contribution in [0.5, 0.6) is 0 Å². The maximum absolute atomic E-state index is 4.92. The largest absolute Gasteiger partial charge is 0.361 e. The van der Waals surface area contributed by atoms with Crippen molar-refractivity contribution >= 4 is 39.1 Å². The second kappa shape index (κ2) is 5.35. The number of hydrogen-bond donors (Lipinski definition) is 3. The monoisotopic (exact) mass is 352 g/mol. The van der Waals surface area contributed by atoms with Crippen molar-refractivity contribution in [2.45, 2.75) is 0 Å². The first-order chi connectivity index (χ1) is 13.3. The molecule has 0 radical (unpaired) electrons. The predicted molar refractivity (Wildman–Crippen MR) is 108 cm³/mol. The Hall–Kier alpha value is -3.80. The van der Waals surface area contributed by atoms with Gasteiger partial charge < -0.3 is 20.2 Å². The number of H-pyrrole nitrogens is 2. The van der Waals surface area contributed by atoms with Gasteiger partial charge in [-0.25, -0.2) is 9.97 Å². The summed E-state index contributed by atoms with van der Waals surface area (Å²) in [5.41, 5.74) is 5.28. The zero-order valence-corrected chi connectivity index (χ0v) is 14.4. The fraction of sp³-hybridized carbons (Fsp3) is 0.0476. The van der Waals surface area contributed by atoms with Crippen LogP contribution in [0.2, 0.25) is 0 Å². The number of anilines is 3. The molecular weight excluding hydrogens is 336 g/mol. The molecule has 6 rings (SSSR count). The van der Waals surface area contributed by atoms with Gasteiger partial charge in [-0.1, -0.05) is 6.07 Å². The Morgan fingerprint density at radius 1 is 0.852 bits per heavy atom. The van der Waals surface area contributed by atoms with Gasteiger partial charge in [0.25, 0.3) is 0 Å². The van der Waals surface area contributed by atoms with Crippen LogP contribution in [0.3, 0.4) is 0 Å². The molecule has 2 aromatic carbocycles. The van der Waals surface area contributed by atoms with E-state index in [0.717, 1.165) is 39.6 Å². The molecule has 6 heteroatoms. The third kappa shape index (κ3) is 2.20. The Kier molecular flexibility index (Phi) is 2.85. The fourth-order valence-electron chi connectivity index (χ4n) is 3.69. The molecule has 0 saturated carbocycles. The smallest absolute Gasteiger partial charge is 0.178 e. The highest BCUT2D eigenvalue weighted by Gasteiger charge is 2.24. The first-order valence-electron chi connectivity index (χ1n) is 8.88. The maximum atomic E-state index is 4.92. The van der Waals surface area contributed by atoms with Crippen LogP contribution < -0.4 is 10.2 Å². The SMILES string of the molecule is c1cc2cc(-c3cnc4c(n3)N(c3ccc5[nH]ccc5c3)CN4)ccc2[nH]1. The molecule has 27 heavy (non-hydrogen) atoms. The highest BCUT2D eigenvalue weighted by atomic mass is 15.4. The summed E-state index contributed by atoms with van der Waals surface area (Å²) in [5.74, 6) is 1.67. The Morgan fingerprint density at radius 2 is 1.63 bits per heavy atom. The summed E-state index contributed by atoms with van der Waals surface area (Å²) in [6.07, 6.45) is 5.74. The number of benzene rings is 2. The zero-order valence-electron chi connectivity index (χ0n) is 14.4. The molecule has 3 aromatic heterocycles. The summed E-state index contributed by atoms with van der Waals surface area (Å²) >= 11 is 0. The third-order valence-electron chi connectivity index (χ3n) is 5.11. The van der Waals surface area contributed by atoms with Crippen molar-refractivity contribution in [1.29, 1.82) is 0 Å². The van der Waals surface area contributed by atoms with E-state index >= 15 is 0 Å². The molecule has 5 aromatic rings. The van der Waals surface area contributed by atoms with Crippen molar-refractivity contribution in [3.8, 4) is 11.3 Å². The summed E-state index contributed by atoms with van der Waals surface area (Å²) < 4.78 is 0. The van der Waals surface area contributed by atoms with Gasteiger partial charge in [0.1, 0.15) is 0 Å². The first kappa shape index (κ1) is 14.4. The van der Waals surface area contributed by atoms with E-state index in [1.165, 1.54) is 10.8 Å². The van der Waals surface area contributed by atoms with Gasteiger partial charge in [-0.3, -0.25) is 0 Å². The quantitative estimate of drug-likeness (QED) is 0.433. The van der Waals surface area contributed by atoms with Gasteiger partial charge in [0.05, 0.1) is 18.6 Å². The van der Waals surface area contributed by atoms with Gasteiger partial charge in [0.2, 0.25) is 0 Å². The molecule has 0 aliphatic carbocycles. The van der Waals surface area contributed by atoms with Gasteiger partial charge in [-0.05, 0) is 42.5 Å². The Balaban J connectivity index is 1.45. The van der Waals surface area contributed by atoms with Crippen molar-refractivity contribution in [2.24, 2.45) is 0 Å². The minimum Gasteiger partial charge on any atom is -0.361 e. The Labute approximate surface area is 154 Å². The Morgan fingerprint density at radius 3 is 2.48 bits per heavy atom. The van der Waals surface area contributed by atoms with E-state index in [4.69, 9.17) is 4.98 Å². The molecule has 3 N–H and O–H groups in total. The molecule has 0 unspecified atom stereocenters. The number of nitrogens with one attached hydrogen (secondary N) is 3. The van der Waals surface area contributed by atoms with E-state index in [2.05, 4.69) is 73.7 Å². The van der Waals surface area contributed by atoms with E-state index < -0.39 is 0 Å².